The van der Waals surface area contributed by atoms with Crippen LogP contribution >= 0.6 is 0 Å². The van der Waals surface area contributed by atoms with E-state index in [-0.39, 0.29) is 0 Å². The van der Waals surface area contributed by atoms with Crippen LogP contribution in [0.2, 0.25) is 0 Å². The summed E-state index contributed by atoms with van der Waals surface area (Å²) in [6.07, 6.45) is 2.73. The maximum absolute atomic E-state index is 4.22. The first kappa shape index (κ1) is 11.8. The fourth-order valence-corrected chi connectivity index (χ4v) is 1.36. The average Bonchev–Trinajstić information content (AvgIpc) is 2.20. The van der Waals surface area contributed by atoms with Crippen molar-refractivity contribution in [2.24, 2.45) is 5.92 Å². The van der Waals surface area contributed by atoms with Crippen molar-refractivity contribution >= 4 is 11.6 Å². The molecule has 0 saturated carbocycles. The van der Waals surface area contributed by atoms with Crippen LogP contribution in [0.5, 0.6) is 0 Å². The molecule has 0 aromatic carbocycles. The number of aromatic nitrogens is 2. The summed E-state index contributed by atoms with van der Waals surface area (Å²) >= 11 is 0. The third-order valence-electron chi connectivity index (χ3n) is 2.34. The molecule has 0 fully saturated rings. The number of anilines is 2. The van der Waals surface area contributed by atoms with Gasteiger partial charge in [0.25, 0.3) is 0 Å². The highest BCUT2D eigenvalue weighted by molar-refractivity contribution is 5.55. The summed E-state index contributed by atoms with van der Waals surface area (Å²) in [6.45, 7) is 7.41. The first-order valence-corrected chi connectivity index (χ1v) is 5.38. The van der Waals surface area contributed by atoms with E-state index in [0.29, 0.717) is 5.92 Å². The second-order valence-electron chi connectivity index (χ2n) is 4.06. The van der Waals surface area contributed by atoms with E-state index in [9.17, 15) is 0 Å². The number of rotatable bonds is 5. The summed E-state index contributed by atoms with van der Waals surface area (Å²) in [6, 6.07) is 0. The van der Waals surface area contributed by atoms with E-state index in [0.717, 1.165) is 30.2 Å². The lowest BCUT2D eigenvalue weighted by molar-refractivity contribution is 0.606. The molecule has 84 valence electrons. The van der Waals surface area contributed by atoms with Crippen LogP contribution in [0.4, 0.5) is 11.6 Å². The minimum absolute atomic E-state index is 0.711. The van der Waals surface area contributed by atoms with Crippen LogP contribution in [0.1, 0.15) is 25.8 Å². The molecule has 0 spiro atoms. The number of nitrogens with zero attached hydrogens (tertiary/aromatic N) is 2. The lowest BCUT2D eigenvalue weighted by atomic mass is 10.1. The van der Waals surface area contributed by atoms with E-state index >= 15 is 0 Å². The predicted molar refractivity (Wildman–Crippen MR) is 64.3 cm³/mol. The van der Waals surface area contributed by atoms with E-state index in [2.05, 4.69) is 34.4 Å². The SMILES string of the molecule is CNc1ncnc(NCCC(C)C)c1C. The fourth-order valence-electron chi connectivity index (χ4n) is 1.36. The van der Waals surface area contributed by atoms with Gasteiger partial charge in [0, 0.05) is 19.2 Å². The summed E-state index contributed by atoms with van der Waals surface area (Å²) < 4.78 is 0. The molecule has 0 atom stereocenters. The van der Waals surface area contributed by atoms with Crippen molar-refractivity contribution in [3.63, 3.8) is 0 Å². The molecule has 1 rings (SSSR count). The van der Waals surface area contributed by atoms with Crippen LogP contribution in [0.25, 0.3) is 0 Å². The molecule has 1 aromatic heterocycles. The normalized spacial score (nSPS) is 10.5. The Morgan fingerprint density at radius 2 is 1.93 bits per heavy atom. The standard InChI is InChI=1S/C11H20N4/c1-8(2)5-6-13-11-9(3)10(12-4)14-7-15-11/h7-8H,5-6H2,1-4H3,(H2,12,13,14,15). The largest absolute Gasteiger partial charge is 0.373 e. The highest BCUT2D eigenvalue weighted by Gasteiger charge is 2.04. The Hall–Kier alpha value is -1.32. The van der Waals surface area contributed by atoms with Crippen LogP contribution in [-0.2, 0) is 0 Å². The van der Waals surface area contributed by atoms with E-state index in [1.165, 1.54) is 0 Å². The Labute approximate surface area is 91.5 Å². The Morgan fingerprint density at radius 3 is 2.53 bits per heavy atom. The molecule has 0 radical (unpaired) electrons. The number of hydrogen-bond donors (Lipinski definition) is 2. The van der Waals surface area contributed by atoms with Gasteiger partial charge in [0.05, 0.1) is 0 Å². The van der Waals surface area contributed by atoms with Gasteiger partial charge >= 0.3 is 0 Å². The average molecular weight is 208 g/mol. The minimum atomic E-state index is 0.711. The van der Waals surface area contributed by atoms with Gasteiger partial charge in [-0.15, -0.1) is 0 Å². The van der Waals surface area contributed by atoms with E-state index < -0.39 is 0 Å². The Balaban J connectivity index is 2.61. The van der Waals surface area contributed by atoms with Gasteiger partial charge in [0.1, 0.15) is 18.0 Å². The molecule has 1 aromatic rings. The van der Waals surface area contributed by atoms with Crippen molar-refractivity contribution in [1.29, 1.82) is 0 Å². The molecule has 1 heterocycles. The molecule has 0 unspecified atom stereocenters. The third-order valence-corrected chi connectivity index (χ3v) is 2.34. The lowest BCUT2D eigenvalue weighted by Gasteiger charge is -2.11. The zero-order chi connectivity index (χ0) is 11.3. The van der Waals surface area contributed by atoms with Gasteiger partial charge in [-0.1, -0.05) is 13.8 Å². The molecule has 0 aliphatic heterocycles. The van der Waals surface area contributed by atoms with Gasteiger partial charge in [-0.05, 0) is 19.3 Å². The zero-order valence-corrected chi connectivity index (χ0v) is 9.96. The predicted octanol–water partition coefficient (Wildman–Crippen LogP) is 2.28. The molecule has 15 heavy (non-hydrogen) atoms. The summed E-state index contributed by atoms with van der Waals surface area (Å²) in [5, 5.41) is 6.37. The first-order valence-electron chi connectivity index (χ1n) is 5.38. The maximum Gasteiger partial charge on any atom is 0.134 e. The zero-order valence-electron chi connectivity index (χ0n) is 9.96. The molecule has 4 nitrogen and oxygen atoms in total. The van der Waals surface area contributed by atoms with Crippen LogP contribution in [-0.4, -0.2) is 23.6 Å². The van der Waals surface area contributed by atoms with Crippen LogP contribution in [0, 0.1) is 12.8 Å². The van der Waals surface area contributed by atoms with Crippen molar-refractivity contribution in [3.8, 4) is 0 Å². The molecule has 0 bridgehead atoms. The molecule has 0 saturated heterocycles. The topological polar surface area (TPSA) is 49.8 Å². The Kier molecular flexibility index (Phi) is 4.34. The smallest absolute Gasteiger partial charge is 0.134 e. The van der Waals surface area contributed by atoms with Crippen molar-refractivity contribution in [1.82, 2.24) is 9.97 Å². The number of hydrogen-bond acceptors (Lipinski definition) is 4. The highest BCUT2D eigenvalue weighted by Crippen LogP contribution is 2.17. The summed E-state index contributed by atoms with van der Waals surface area (Å²) in [5.74, 6) is 2.52. The van der Waals surface area contributed by atoms with E-state index in [4.69, 9.17) is 0 Å². The van der Waals surface area contributed by atoms with E-state index in [1.54, 1.807) is 6.33 Å². The van der Waals surface area contributed by atoms with Crippen molar-refractivity contribution < 1.29 is 0 Å². The van der Waals surface area contributed by atoms with Crippen molar-refractivity contribution in [3.05, 3.63) is 11.9 Å². The molecular weight excluding hydrogens is 188 g/mol. The summed E-state index contributed by atoms with van der Waals surface area (Å²) in [5.41, 5.74) is 1.07. The van der Waals surface area contributed by atoms with Crippen LogP contribution in [0.15, 0.2) is 6.33 Å². The second kappa shape index (κ2) is 5.53. The van der Waals surface area contributed by atoms with Gasteiger partial charge in [0.15, 0.2) is 0 Å². The lowest BCUT2D eigenvalue weighted by Crippen LogP contribution is -2.09. The third kappa shape index (κ3) is 3.38. The van der Waals surface area contributed by atoms with Gasteiger partial charge in [-0.2, -0.15) is 0 Å². The van der Waals surface area contributed by atoms with E-state index in [1.807, 2.05) is 14.0 Å². The summed E-state index contributed by atoms with van der Waals surface area (Å²) in [4.78, 5) is 8.36. The van der Waals surface area contributed by atoms with Gasteiger partial charge in [-0.25, -0.2) is 9.97 Å². The maximum atomic E-state index is 4.22. The molecule has 2 N–H and O–H groups in total. The first-order chi connectivity index (χ1) is 7.15. The Bertz CT molecular complexity index is 309. The van der Waals surface area contributed by atoms with Gasteiger partial charge in [0.2, 0.25) is 0 Å². The molecular formula is C11H20N4. The number of nitrogens with one attached hydrogen (secondary N) is 2. The second-order valence-corrected chi connectivity index (χ2v) is 4.06. The minimum Gasteiger partial charge on any atom is -0.373 e. The molecule has 4 heteroatoms. The van der Waals surface area contributed by atoms with Crippen molar-refractivity contribution in [2.45, 2.75) is 27.2 Å². The monoisotopic (exact) mass is 208 g/mol. The quantitative estimate of drug-likeness (QED) is 0.779. The highest BCUT2D eigenvalue weighted by atomic mass is 15.1. The van der Waals surface area contributed by atoms with Gasteiger partial charge < -0.3 is 10.6 Å². The van der Waals surface area contributed by atoms with Crippen LogP contribution in [0.3, 0.4) is 0 Å². The van der Waals surface area contributed by atoms with Crippen molar-refractivity contribution in [2.75, 3.05) is 24.2 Å². The Morgan fingerprint density at radius 1 is 1.27 bits per heavy atom. The van der Waals surface area contributed by atoms with Gasteiger partial charge in [-0.3, -0.25) is 0 Å². The molecule has 0 amide bonds. The van der Waals surface area contributed by atoms with Crippen LogP contribution < -0.4 is 10.6 Å². The molecule has 0 aliphatic carbocycles. The molecule has 0 aliphatic rings. The fraction of sp³-hybridized carbons (Fsp3) is 0.636. The summed E-state index contributed by atoms with van der Waals surface area (Å²) in [7, 11) is 1.87.